The Kier molecular flexibility index (Phi) is 1.77. The highest BCUT2D eigenvalue weighted by Crippen LogP contribution is 2.08. The van der Waals surface area contributed by atoms with E-state index in [9.17, 15) is 0 Å². The number of rotatable bonds is 1. The number of hydrogen-bond acceptors (Lipinski definition) is 6. The summed E-state index contributed by atoms with van der Waals surface area (Å²) in [6.45, 7) is 1.29. The highest BCUT2D eigenvalue weighted by atomic mass is 16.5. The lowest BCUT2D eigenvalue weighted by molar-refractivity contribution is 0.347. The highest BCUT2D eigenvalue weighted by molar-refractivity contribution is 5.94. The maximum absolute atomic E-state index is 5.29. The van der Waals surface area contributed by atoms with Crippen LogP contribution in [0.5, 0.6) is 0 Å². The van der Waals surface area contributed by atoms with E-state index in [2.05, 4.69) is 24.9 Å². The van der Waals surface area contributed by atoms with E-state index in [1.807, 2.05) is 0 Å². The Morgan fingerprint density at radius 1 is 1.20 bits per heavy atom. The molecule has 0 saturated carbocycles. The minimum absolute atomic E-state index is 0.549. The Bertz CT molecular complexity index is 539. The van der Waals surface area contributed by atoms with Gasteiger partial charge in [-0.25, -0.2) is 24.9 Å². The van der Waals surface area contributed by atoms with E-state index >= 15 is 0 Å². The van der Waals surface area contributed by atoms with Gasteiger partial charge in [-0.2, -0.15) is 0 Å². The number of aromatic nitrogens is 4. The number of aliphatic imine (C=N–C) groups is 1. The van der Waals surface area contributed by atoms with Crippen LogP contribution in [-0.2, 0) is 4.74 Å². The molecule has 6 heteroatoms. The first kappa shape index (κ1) is 8.22. The van der Waals surface area contributed by atoms with Crippen molar-refractivity contribution in [1.29, 1.82) is 0 Å². The molecule has 2 aromatic rings. The van der Waals surface area contributed by atoms with Gasteiger partial charge >= 0.3 is 0 Å². The summed E-state index contributed by atoms with van der Waals surface area (Å²) >= 11 is 0. The molecule has 15 heavy (non-hydrogen) atoms. The Morgan fingerprint density at radius 3 is 3.07 bits per heavy atom. The summed E-state index contributed by atoms with van der Waals surface area (Å²) in [5.41, 5.74) is 1.86. The van der Waals surface area contributed by atoms with Crippen molar-refractivity contribution in [3.63, 3.8) is 0 Å². The molecule has 0 saturated heterocycles. The van der Waals surface area contributed by atoms with Crippen LogP contribution >= 0.6 is 0 Å². The zero-order valence-corrected chi connectivity index (χ0v) is 7.79. The molecule has 0 fully saturated rings. The van der Waals surface area contributed by atoms with E-state index in [-0.39, 0.29) is 0 Å². The van der Waals surface area contributed by atoms with Gasteiger partial charge in [-0.3, -0.25) is 0 Å². The summed E-state index contributed by atoms with van der Waals surface area (Å²) in [7, 11) is 0. The highest BCUT2D eigenvalue weighted by Gasteiger charge is 2.12. The summed E-state index contributed by atoms with van der Waals surface area (Å²) < 4.78 is 5.29. The van der Waals surface area contributed by atoms with Crippen molar-refractivity contribution < 1.29 is 4.74 Å². The third kappa shape index (κ3) is 1.39. The summed E-state index contributed by atoms with van der Waals surface area (Å²) in [4.78, 5) is 20.5. The van der Waals surface area contributed by atoms with Crippen LogP contribution in [0, 0.1) is 0 Å². The molecule has 74 valence electrons. The third-order valence-corrected chi connectivity index (χ3v) is 2.03. The maximum atomic E-state index is 5.29. The van der Waals surface area contributed by atoms with Gasteiger partial charge in [0.25, 0.3) is 0 Å². The molecule has 0 unspecified atom stereocenters. The van der Waals surface area contributed by atoms with Crippen LogP contribution in [0.25, 0.3) is 11.2 Å². The molecule has 0 aromatic carbocycles. The van der Waals surface area contributed by atoms with Crippen molar-refractivity contribution in [3.8, 4) is 0 Å². The summed E-state index contributed by atoms with van der Waals surface area (Å²) in [5, 5.41) is 0. The Morgan fingerprint density at radius 2 is 2.20 bits per heavy atom. The first-order valence-electron chi connectivity index (χ1n) is 4.54. The predicted molar refractivity (Wildman–Crippen MR) is 52.5 cm³/mol. The zero-order valence-electron chi connectivity index (χ0n) is 7.79. The largest absolute Gasteiger partial charge is 0.474 e. The minimum Gasteiger partial charge on any atom is -0.474 e. The molecule has 3 heterocycles. The molecule has 1 aliphatic heterocycles. The molecular formula is C9H7N5O. The van der Waals surface area contributed by atoms with E-state index in [0.29, 0.717) is 35.9 Å². The quantitative estimate of drug-likeness (QED) is 0.658. The molecule has 1 aliphatic rings. The minimum atomic E-state index is 0.549. The third-order valence-electron chi connectivity index (χ3n) is 2.03. The van der Waals surface area contributed by atoms with Crippen molar-refractivity contribution in [3.05, 3.63) is 24.4 Å². The van der Waals surface area contributed by atoms with Crippen LogP contribution in [0.3, 0.4) is 0 Å². The number of ether oxygens (including phenoxy) is 1. The fourth-order valence-corrected chi connectivity index (χ4v) is 1.37. The number of nitrogens with zero attached hydrogens (tertiary/aromatic N) is 5. The summed E-state index contributed by atoms with van der Waals surface area (Å²) in [6, 6.07) is 0. The molecule has 0 aliphatic carbocycles. The lowest BCUT2D eigenvalue weighted by Crippen LogP contribution is -2.05. The number of fused-ring (bicyclic) bond motifs is 1. The molecule has 0 atom stereocenters. The Labute approximate surface area is 85.1 Å². The monoisotopic (exact) mass is 201 g/mol. The second kappa shape index (κ2) is 3.23. The average Bonchev–Trinajstić information content (AvgIpc) is 2.82. The standard InChI is InChI=1S/C9H7N5O/c1-2-15-9(11-1)7-4-12-8-6(14-7)3-10-5-13-8/h3-5H,1-2H2. The zero-order chi connectivity index (χ0) is 10.1. The van der Waals surface area contributed by atoms with E-state index < -0.39 is 0 Å². The van der Waals surface area contributed by atoms with Gasteiger partial charge in [0.05, 0.1) is 18.9 Å². The second-order valence-corrected chi connectivity index (χ2v) is 3.02. The summed E-state index contributed by atoms with van der Waals surface area (Å²) in [6.07, 6.45) is 4.67. The van der Waals surface area contributed by atoms with Gasteiger partial charge in [0.2, 0.25) is 5.90 Å². The van der Waals surface area contributed by atoms with E-state index in [1.165, 1.54) is 6.33 Å². The fraction of sp³-hybridized carbons (Fsp3) is 0.222. The van der Waals surface area contributed by atoms with Crippen molar-refractivity contribution in [2.24, 2.45) is 4.99 Å². The molecule has 0 amide bonds. The predicted octanol–water partition coefficient (Wildman–Crippen LogP) is 0.197. The van der Waals surface area contributed by atoms with Crippen LogP contribution in [0.15, 0.2) is 23.7 Å². The summed E-state index contributed by atoms with van der Waals surface area (Å²) in [5.74, 6) is 0.549. The number of hydrogen-bond donors (Lipinski definition) is 0. The van der Waals surface area contributed by atoms with Crippen LogP contribution < -0.4 is 0 Å². The lowest BCUT2D eigenvalue weighted by atomic mass is 10.4. The molecule has 0 N–H and O–H groups in total. The SMILES string of the molecule is c1ncc2nc(C3=NCCO3)cnc2n1. The van der Waals surface area contributed by atoms with Crippen molar-refractivity contribution >= 4 is 17.1 Å². The molecule has 2 aromatic heterocycles. The van der Waals surface area contributed by atoms with Gasteiger partial charge in [-0.1, -0.05) is 0 Å². The normalized spacial score (nSPS) is 15.1. The lowest BCUT2D eigenvalue weighted by Gasteiger charge is -2.00. The van der Waals surface area contributed by atoms with Crippen LogP contribution in [-0.4, -0.2) is 39.0 Å². The maximum Gasteiger partial charge on any atom is 0.237 e. The van der Waals surface area contributed by atoms with E-state index in [4.69, 9.17) is 4.74 Å². The van der Waals surface area contributed by atoms with Gasteiger partial charge < -0.3 is 4.74 Å². The van der Waals surface area contributed by atoms with E-state index in [0.717, 1.165) is 0 Å². The van der Waals surface area contributed by atoms with Crippen LogP contribution in [0.2, 0.25) is 0 Å². The topological polar surface area (TPSA) is 73.2 Å². The van der Waals surface area contributed by atoms with Crippen LogP contribution in [0.4, 0.5) is 0 Å². The van der Waals surface area contributed by atoms with Gasteiger partial charge in [-0.15, -0.1) is 0 Å². The van der Waals surface area contributed by atoms with Gasteiger partial charge in [0, 0.05) is 0 Å². The molecule has 0 bridgehead atoms. The van der Waals surface area contributed by atoms with Crippen molar-refractivity contribution in [2.45, 2.75) is 0 Å². The van der Waals surface area contributed by atoms with Crippen molar-refractivity contribution in [2.75, 3.05) is 13.2 Å². The second-order valence-electron chi connectivity index (χ2n) is 3.02. The van der Waals surface area contributed by atoms with Crippen molar-refractivity contribution in [1.82, 2.24) is 19.9 Å². The molecule has 0 spiro atoms. The molecule has 3 rings (SSSR count). The average molecular weight is 201 g/mol. The first-order chi connectivity index (χ1) is 7.43. The Hall–Kier alpha value is -2.11. The van der Waals surface area contributed by atoms with E-state index in [1.54, 1.807) is 12.4 Å². The fourth-order valence-electron chi connectivity index (χ4n) is 1.37. The molecule has 6 nitrogen and oxygen atoms in total. The van der Waals surface area contributed by atoms with Crippen LogP contribution in [0.1, 0.15) is 5.69 Å². The Balaban J connectivity index is 2.13. The smallest absolute Gasteiger partial charge is 0.237 e. The van der Waals surface area contributed by atoms with Gasteiger partial charge in [-0.05, 0) is 0 Å². The molecule has 0 radical (unpaired) electrons. The van der Waals surface area contributed by atoms with Gasteiger partial charge in [0.15, 0.2) is 5.65 Å². The van der Waals surface area contributed by atoms with Gasteiger partial charge in [0.1, 0.15) is 24.1 Å². The first-order valence-corrected chi connectivity index (χ1v) is 4.54. The molecular weight excluding hydrogens is 194 g/mol.